The molecule has 28 heavy (non-hydrogen) atoms. The lowest BCUT2D eigenvalue weighted by Gasteiger charge is -2.04. The molecule has 0 unspecified atom stereocenters. The Hall–Kier alpha value is -3.39. The maximum Gasteiger partial charge on any atom is 0.210 e. The second-order valence-electron chi connectivity index (χ2n) is 6.09. The molecule has 3 aromatic rings. The van der Waals surface area contributed by atoms with E-state index in [1.54, 1.807) is 12.1 Å². The summed E-state index contributed by atoms with van der Waals surface area (Å²) in [5.41, 5.74) is 3.53. The number of nitrogens with zero attached hydrogens (tertiary/aromatic N) is 4. The summed E-state index contributed by atoms with van der Waals surface area (Å²) in [6, 6.07) is 15.2. The highest BCUT2D eigenvalue weighted by atomic mass is 32.1. The highest BCUT2D eigenvalue weighted by Crippen LogP contribution is 2.30. The van der Waals surface area contributed by atoms with E-state index < -0.39 is 0 Å². The maximum atomic E-state index is 11.4. The molecule has 7 nitrogen and oxygen atoms in total. The van der Waals surface area contributed by atoms with Gasteiger partial charge in [-0.25, -0.2) is 0 Å². The first-order valence-electron chi connectivity index (χ1n) is 8.53. The van der Waals surface area contributed by atoms with E-state index in [1.807, 2.05) is 43.3 Å². The topological polar surface area (TPSA) is 99.8 Å². The standard InChI is InChI=1S/C20H19N5O2S/c1-12-6-4-5-7-17(12)21-20-25-24-19(28-20)15-8-10-16(11-9-15)22-23-18(13(2)26)14(3)27/h4-11,26H,1-3H3,(H,21,25)/b18-13-,23-22?. The number of aromatic nitrogens is 2. The van der Waals surface area contributed by atoms with Crippen LogP contribution in [-0.4, -0.2) is 21.1 Å². The molecule has 0 amide bonds. The number of carbonyl (C=O) groups excluding carboxylic acids is 1. The van der Waals surface area contributed by atoms with Crippen molar-refractivity contribution >= 4 is 33.6 Å². The molecule has 0 radical (unpaired) electrons. The fraction of sp³-hybridized carbons (Fsp3) is 0.150. The molecule has 0 bridgehead atoms. The number of carbonyl (C=O) groups is 1. The molecule has 8 heteroatoms. The number of anilines is 2. The summed E-state index contributed by atoms with van der Waals surface area (Å²) in [7, 11) is 0. The Kier molecular flexibility index (Phi) is 5.90. The molecule has 0 aliphatic heterocycles. The van der Waals surface area contributed by atoms with Crippen molar-refractivity contribution in [3.05, 3.63) is 65.6 Å². The summed E-state index contributed by atoms with van der Waals surface area (Å²) >= 11 is 1.45. The molecule has 0 aliphatic carbocycles. The Morgan fingerprint density at radius 2 is 1.79 bits per heavy atom. The van der Waals surface area contributed by atoms with Crippen molar-refractivity contribution in [2.45, 2.75) is 20.8 Å². The third-order valence-electron chi connectivity index (χ3n) is 3.87. The lowest BCUT2D eigenvalue weighted by molar-refractivity contribution is -0.113. The number of benzene rings is 2. The molecule has 2 aromatic carbocycles. The van der Waals surface area contributed by atoms with Gasteiger partial charge in [-0.3, -0.25) is 4.79 Å². The van der Waals surface area contributed by atoms with E-state index in [0.717, 1.165) is 21.8 Å². The van der Waals surface area contributed by atoms with E-state index in [2.05, 4.69) is 25.7 Å². The number of nitrogens with one attached hydrogen (secondary N) is 1. The lowest BCUT2D eigenvalue weighted by Crippen LogP contribution is -1.96. The Morgan fingerprint density at radius 3 is 2.43 bits per heavy atom. The van der Waals surface area contributed by atoms with E-state index in [4.69, 9.17) is 0 Å². The third kappa shape index (κ3) is 4.66. The van der Waals surface area contributed by atoms with Crippen LogP contribution < -0.4 is 5.32 Å². The van der Waals surface area contributed by atoms with E-state index >= 15 is 0 Å². The molecule has 0 atom stereocenters. The van der Waals surface area contributed by atoms with Crippen LogP contribution in [0.15, 0.2) is 70.2 Å². The highest BCUT2D eigenvalue weighted by Gasteiger charge is 2.09. The van der Waals surface area contributed by atoms with Gasteiger partial charge in [0.1, 0.15) is 10.8 Å². The Balaban J connectivity index is 1.74. The zero-order valence-corrected chi connectivity index (χ0v) is 16.5. The predicted molar refractivity (Wildman–Crippen MR) is 110 cm³/mol. The number of hydrogen-bond acceptors (Lipinski definition) is 8. The monoisotopic (exact) mass is 393 g/mol. The third-order valence-corrected chi connectivity index (χ3v) is 4.76. The molecular weight excluding hydrogens is 374 g/mol. The second kappa shape index (κ2) is 8.53. The number of aliphatic hydroxyl groups excluding tert-OH is 1. The fourth-order valence-corrected chi connectivity index (χ4v) is 3.16. The lowest BCUT2D eigenvalue weighted by atomic mass is 10.2. The van der Waals surface area contributed by atoms with Gasteiger partial charge in [-0.2, -0.15) is 5.11 Å². The minimum atomic E-state index is -0.345. The molecule has 0 saturated heterocycles. The van der Waals surface area contributed by atoms with Crippen molar-refractivity contribution in [1.82, 2.24) is 10.2 Å². The first-order chi connectivity index (χ1) is 13.4. The summed E-state index contributed by atoms with van der Waals surface area (Å²) < 4.78 is 0. The number of hydrogen-bond donors (Lipinski definition) is 2. The number of aryl methyl sites for hydroxylation is 1. The van der Waals surface area contributed by atoms with Crippen LogP contribution in [0.25, 0.3) is 10.6 Å². The van der Waals surface area contributed by atoms with Gasteiger partial charge in [0.15, 0.2) is 11.5 Å². The Bertz CT molecular complexity index is 1050. The number of azo groups is 1. The molecule has 0 spiro atoms. The molecule has 3 rings (SSSR count). The van der Waals surface area contributed by atoms with Crippen molar-refractivity contribution < 1.29 is 9.90 Å². The van der Waals surface area contributed by atoms with Crippen LogP contribution in [0.2, 0.25) is 0 Å². The first-order valence-corrected chi connectivity index (χ1v) is 9.35. The SMILES string of the molecule is CC(=O)/C(N=Nc1ccc(-c2nnc(Nc3ccccc3C)s2)cc1)=C(\C)O. The van der Waals surface area contributed by atoms with Crippen LogP contribution in [0, 0.1) is 6.92 Å². The van der Waals surface area contributed by atoms with Crippen LogP contribution in [0.3, 0.4) is 0 Å². The van der Waals surface area contributed by atoms with Gasteiger partial charge in [0.25, 0.3) is 0 Å². The van der Waals surface area contributed by atoms with Crippen molar-refractivity contribution in [2.24, 2.45) is 10.2 Å². The first kappa shape index (κ1) is 19.4. The zero-order chi connectivity index (χ0) is 20.1. The van der Waals surface area contributed by atoms with E-state index in [0.29, 0.717) is 10.8 Å². The molecule has 142 valence electrons. The van der Waals surface area contributed by atoms with Crippen LogP contribution >= 0.6 is 11.3 Å². The zero-order valence-electron chi connectivity index (χ0n) is 15.7. The molecular formula is C20H19N5O2S. The number of Topliss-reactive ketones (excluding diaryl/α,β-unsaturated/α-hetero) is 1. The predicted octanol–water partition coefficient (Wildman–Crippen LogP) is 5.72. The van der Waals surface area contributed by atoms with Crippen molar-refractivity contribution in [1.29, 1.82) is 0 Å². The van der Waals surface area contributed by atoms with Gasteiger partial charge in [0.05, 0.1) is 5.69 Å². The normalized spacial score (nSPS) is 12.1. The highest BCUT2D eigenvalue weighted by molar-refractivity contribution is 7.18. The average molecular weight is 393 g/mol. The molecule has 1 heterocycles. The van der Waals surface area contributed by atoms with Crippen LogP contribution in [0.1, 0.15) is 19.4 Å². The summed E-state index contributed by atoms with van der Waals surface area (Å²) in [6.07, 6.45) is 0. The quantitative estimate of drug-likeness (QED) is 0.317. The van der Waals surface area contributed by atoms with E-state index in [1.165, 1.54) is 25.2 Å². The summed E-state index contributed by atoms with van der Waals surface area (Å²) in [5.74, 6) is -0.502. The minimum Gasteiger partial charge on any atom is -0.510 e. The second-order valence-corrected chi connectivity index (χ2v) is 7.07. The summed E-state index contributed by atoms with van der Waals surface area (Å²) in [4.78, 5) is 11.4. The number of para-hydroxylation sites is 1. The molecule has 0 aliphatic rings. The fourth-order valence-electron chi connectivity index (χ4n) is 2.39. The minimum absolute atomic E-state index is 0.0554. The molecule has 0 saturated carbocycles. The van der Waals surface area contributed by atoms with Crippen LogP contribution in [0.4, 0.5) is 16.5 Å². The number of allylic oxidation sites excluding steroid dienone is 2. The van der Waals surface area contributed by atoms with Gasteiger partial charge in [0, 0.05) is 18.2 Å². The maximum absolute atomic E-state index is 11.4. The Labute approximate surface area is 166 Å². The van der Waals surface area contributed by atoms with Gasteiger partial charge in [-0.1, -0.05) is 29.5 Å². The van der Waals surface area contributed by atoms with Crippen LogP contribution in [-0.2, 0) is 4.79 Å². The molecule has 1 aromatic heterocycles. The van der Waals surface area contributed by atoms with E-state index in [9.17, 15) is 9.90 Å². The molecule has 0 fully saturated rings. The van der Waals surface area contributed by atoms with Gasteiger partial charge < -0.3 is 10.4 Å². The van der Waals surface area contributed by atoms with Crippen molar-refractivity contribution in [2.75, 3.05) is 5.32 Å². The number of rotatable bonds is 6. The van der Waals surface area contributed by atoms with Gasteiger partial charge >= 0.3 is 0 Å². The molecule has 2 N–H and O–H groups in total. The average Bonchev–Trinajstić information content (AvgIpc) is 3.12. The Morgan fingerprint density at radius 1 is 1.07 bits per heavy atom. The summed E-state index contributed by atoms with van der Waals surface area (Å²) in [5, 5.41) is 30.5. The van der Waals surface area contributed by atoms with Crippen molar-refractivity contribution in [3.8, 4) is 10.6 Å². The van der Waals surface area contributed by atoms with Gasteiger partial charge in [-0.05, 0) is 49.7 Å². The van der Waals surface area contributed by atoms with Gasteiger partial charge in [0.2, 0.25) is 5.13 Å². The smallest absolute Gasteiger partial charge is 0.210 e. The van der Waals surface area contributed by atoms with Crippen LogP contribution in [0.5, 0.6) is 0 Å². The largest absolute Gasteiger partial charge is 0.510 e. The van der Waals surface area contributed by atoms with Gasteiger partial charge in [-0.15, -0.1) is 15.3 Å². The number of ketones is 1. The van der Waals surface area contributed by atoms with Crippen molar-refractivity contribution in [3.63, 3.8) is 0 Å². The van der Waals surface area contributed by atoms with E-state index in [-0.39, 0.29) is 17.2 Å². The number of aliphatic hydroxyl groups is 1. The summed E-state index contributed by atoms with van der Waals surface area (Å²) in [6.45, 7) is 4.76.